The number of benzene rings is 2. The Morgan fingerprint density at radius 1 is 1.08 bits per heavy atom. The summed E-state index contributed by atoms with van der Waals surface area (Å²) < 4.78 is 25.3. The van der Waals surface area contributed by atoms with Gasteiger partial charge in [0.15, 0.2) is 11.5 Å². The van der Waals surface area contributed by atoms with E-state index in [4.69, 9.17) is 21.1 Å². The van der Waals surface area contributed by atoms with Gasteiger partial charge in [-0.1, -0.05) is 24.6 Å². The molecule has 0 saturated carbocycles. The van der Waals surface area contributed by atoms with Crippen molar-refractivity contribution in [2.75, 3.05) is 71.9 Å². The van der Waals surface area contributed by atoms with Crippen molar-refractivity contribution >= 4 is 23.3 Å². The average Bonchev–Trinajstić information content (AvgIpc) is 2.91. The van der Waals surface area contributed by atoms with Crippen molar-refractivity contribution in [3.8, 4) is 11.5 Å². The molecule has 2 aromatic rings. The number of hydrogen-bond donors (Lipinski definition) is 1. The largest absolute Gasteiger partial charge is 0.493 e. The average molecular weight is 548 g/mol. The monoisotopic (exact) mass is 547 g/mol. The van der Waals surface area contributed by atoms with Crippen LogP contribution >= 0.6 is 11.6 Å². The molecule has 1 N–H and O–H groups in total. The number of carbonyl (C=O) groups excluding carboxylic acids is 1. The fourth-order valence-corrected chi connectivity index (χ4v) is 4.94. The fraction of sp³-hybridized carbons (Fsp3) is 0.536. The van der Waals surface area contributed by atoms with Crippen LogP contribution in [-0.2, 0) is 6.54 Å². The Morgan fingerprint density at radius 3 is 2.50 bits per heavy atom. The molecule has 2 aromatic carbocycles. The third-order valence-corrected chi connectivity index (χ3v) is 7.62. The molecule has 0 unspecified atom stereocenters. The fourth-order valence-electron chi connectivity index (χ4n) is 4.76. The molecule has 2 saturated heterocycles. The van der Waals surface area contributed by atoms with Gasteiger partial charge in [-0.25, -0.2) is 14.2 Å². The Bertz CT molecular complexity index is 1070. The summed E-state index contributed by atoms with van der Waals surface area (Å²) in [7, 11) is 3.77. The first kappa shape index (κ1) is 28.4. The maximum Gasteiger partial charge on any atom is 0.336 e. The van der Waals surface area contributed by atoms with Crippen molar-refractivity contribution in [3.05, 3.63) is 52.8 Å². The highest BCUT2D eigenvalue weighted by atomic mass is 35.5. The molecule has 4 rings (SSSR count). The van der Waals surface area contributed by atoms with Crippen LogP contribution in [0.2, 0.25) is 5.02 Å². The summed E-state index contributed by atoms with van der Waals surface area (Å²) in [6, 6.07) is 9.68. The molecule has 8 nitrogen and oxygen atoms in total. The van der Waals surface area contributed by atoms with Crippen molar-refractivity contribution in [1.29, 1.82) is 0 Å². The third-order valence-electron chi connectivity index (χ3n) is 7.33. The molecule has 0 atom stereocenters. The molecular formula is C28H39ClFN5O3. The number of amides is 2. The van der Waals surface area contributed by atoms with Crippen molar-refractivity contribution in [2.45, 2.75) is 26.3 Å². The summed E-state index contributed by atoms with van der Waals surface area (Å²) in [5.41, 5.74) is 1.36. The number of hydrogen-bond acceptors (Lipinski definition) is 6. The molecule has 38 heavy (non-hydrogen) atoms. The minimum atomic E-state index is -0.524. The highest BCUT2D eigenvalue weighted by Gasteiger charge is 2.26. The number of nitrogens with one attached hydrogen (secondary N) is 1. The van der Waals surface area contributed by atoms with Crippen LogP contribution in [-0.4, -0.2) is 92.4 Å². The number of hydrazine groups is 1. The van der Waals surface area contributed by atoms with Crippen LogP contribution in [0.1, 0.15) is 25.3 Å². The van der Waals surface area contributed by atoms with Gasteiger partial charge in [0, 0.05) is 51.5 Å². The zero-order valence-electron chi connectivity index (χ0n) is 22.6. The number of anilines is 1. The number of methoxy groups -OCH3 is 1. The highest BCUT2D eigenvalue weighted by Crippen LogP contribution is 2.30. The highest BCUT2D eigenvalue weighted by molar-refractivity contribution is 6.31. The maximum absolute atomic E-state index is 13.6. The second-order valence-corrected chi connectivity index (χ2v) is 10.6. The molecule has 10 heteroatoms. The van der Waals surface area contributed by atoms with E-state index in [9.17, 15) is 9.18 Å². The molecule has 2 amide bonds. The summed E-state index contributed by atoms with van der Waals surface area (Å²) in [6.07, 6.45) is 2.02. The van der Waals surface area contributed by atoms with Crippen molar-refractivity contribution in [3.63, 3.8) is 0 Å². The van der Waals surface area contributed by atoms with Gasteiger partial charge < -0.3 is 19.7 Å². The Kier molecular flexibility index (Phi) is 10.1. The molecule has 0 spiro atoms. The Balaban J connectivity index is 1.43. The normalized spacial score (nSPS) is 17.8. The molecule has 0 radical (unpaired) electrons. The Hall–Kier alpha value is -2.59. The minimum Gasteiger partial charge on any atom is -0.493 e. The summed E-state index contributed by atoms with van der Waals surface area (Å²) >= 11 is 5.92. The number of ether oxygens (including phenoxy) is 2. The quantitative estimate of drug-likeness (QED) is 0.487. The number of piperidine rings is 1. The van der Waals surface area contributed by atoms with E-state index in [1.807, 2.05) is 18.2 Å². The molecule has 208 valence electrons. The standard InChI is InChI=1S/C28H39ClFN5O3/c1-21-8-10-34(11-9-21)35(28(36)31-23-5-6-25(30)24(29)19-23)20-22-4-7-26(27(18-22)37-3)38-17-16-33-14-12-32(2)13-15-33/h4-7,18-19,21H,8-17,20H2,1-3H3,(H,31,36). The van der Waals surface area contributed by atoms with Crippen LogP contribution < -0.4 is 14.8 Å². The van der Waals surface area contributed by atoms with Gasteiger partial charge in [0.25, 0.3) is 0 Å². The van der Waals surface area contributed by atoms with E-state index in [-0.39, 0.29) is 11.1 Å². The summed E-state index contributed by atoms with van der Waals surface area (Å²) in [4.78, 5) is 18.1. The molecule has 2 aliphatic heterocycles. The molecule has 0 bridgehead atoms. The number of urea groups is 1. The van der Waals surface area contributed by atoms with Gasteiger partial charge in [-0.2, -0.15) is 0 Å². The van der Waals surface area contributed by atoms with Gasteiger partial charge in [0.1, 0.15) is 12.4 Å². The molecule has 0 aliphatic carbocycles. The van der Waals surface area contributed by atoms with Gasteiger partial charge in [-0.05, 0) is 61.7 Å². The van der Waals surface area contributed by atoms with E-state index in [0.717, 1.165) is 64.2 Å². The number of halogens is 2. The van der Waals surface area contributed by atoms with Crippen LogP contribution in [0.5, 0.6) is 11.5 Å². The molecular weight excluding hydrogens is 509 g/mol. The number of rotatable bonds is 9. The second kappa shape index (κ2) is 13.5. The molecule has 2 heterocycles. The summed E-state index contributed by atoms with van der Waals surface area (Å²) in [5, 5.41) is 6.63. The predicted molar refractivity (Wildman–Crippen MR) is 148 cm³/mol. The summed E-state index contributed by atoms with van der Waals surface area (Å²) in [6.45, 7) is 9.85. The van der Waals surface area contributed by atoms with Gasteiger partial charge in [-0.3, -0.25) is 9.91 Å². The van der Waals surface area contributed by atoms with Gasteiger partial charge in [-0.15, -0.1) is 0 Å². The topological polar surface area (TPSA) is 60.5 Å². The number of carbonyl (C=O) groups is 1. The first-order chi connectivity index (χ1) is 18.3. The minimum absolute atomic E-state index is 0.0332. The molecule has 2 fully saturated rings. The van der Waals surface area contributed by atoms with Crippen LogP contribution in [0.25, 0.3) is 0 Å². The first-order valence-electron chi connectivity index (χ1n) is 13.3. The van der Waals surface area contributed by atoms with Gasteiger partial charge >= 0.3 is 6.03 Å². The van der Waals surface area contributed by atoms with E-state index in [2.05, 4.69) is 34.1 Å². The van der Waals surface area contributed by atoms with Crippen molar-refractivity contribution in [2.24, 2.45) is 5.92 Å². The van der Waals surface area contributed by atoms with E-state index < -0.39 is 5.82 Å². The van der Waals surface area contributed by atoms with Crippen LogP contribution in [0, 0.1) is 11.7 Å². The smallest absolute Gasteiger partial charge is 0.336 e. The zero-order chi connectivity index (χ0) is 27.1. The van der Waals surface area contributed by atoms with E-state index in [1.165, 1.54) is 18.2 Å². The van der Waals surface area contributed by atoms with Crippen LogP contribution in [0.4, 0.5) is 14.9 Å². The lowest BCUT2D eigenvalue weighted by atomic mass is 10.0. The van der Waals surface area contributed by atoms with E-state index in [0.29, 0.717) is 36.3 Å². The Morgan fingerprint density at radius 2 is 1.82 bits per heavy atom. The van der Waals surface area contributed by atoms with Crippen LogP contribution in [0.15, 0.2) is 36.4 Å². The zero-order valence-corrected chi connectivity index (χ0v) is 23.3. The third kappa shape index (κ3) is 7.72. The van der Waals surface area contributed by atoms with Crippen molar-refractivity contribution < 1.29 is 18.7 Å². The molecule has 0 aromatic heterocycles. The Labute approximate surface area is 230 Å². The number of piperazine rings is 1. The lowest BCUT2D eigenvalue weighted by molar-refractivity contribution is -0.0126. The van der Waals surface area contributed by atoms with Gasteiger partial charge in [0.2, 0.25) is 0 Å². The van der Waals surface area contributed by atoms with E-state index in [1.54, 1.807) is 12.1 Å². The lowest BCUT2D eigenvalue weighted by Gasteiger charge is -2.39. The van der Waals surface area contributed by atoms with Gasteiger partial charge in [0.05, 0.1) is 18.7 Å². The number of nitrogens with zero attached hydrogens (tertiary/aromatic N) is 4. The predicted octanol–water partition coefficient (Wildman–Crippen LogP) is 4.79. The summed E-state index contributed by atoms with van der Waals surface area (Å²) in [5.74, 6) is 1.42. The maximum atomic E-state index is 13.6. The first-order valence-corrected chi connectivity index (χ1v) is 13.7. The SMILES string of the molecule is COc1cc(CN(C(=O)Nc2ccc(F)c(Cl)c2)N2CCC(C)CC2)ccc1OCCN1CCN(C)CC1. The number of likely N-dealkylation sites (N-methyl/N-ethyl adjacent to an activating group) is 1. The van der Waals surface area contributed by atoms with Crippen molar-refractivity contribution in [1.82, 2.24) is 19.8 Å². The van der Waals surface area contributed by atoms with E-state index >= 15 is 0 Å². The second-order valence-electron chi connectivity index (χ2n) is 10.2. The van der Waals surface area contributed by atoms with Crippen LogP contribution in [0.3, 0.4) is 0 Å². The molecule has 2 aliphatic rings. The lowest BCUT2D eigenvalue weighted by Crippen LogP contribution is -2.50.